The van der Waals surface area contributed by atoms with Crippen molar-refractivity contribution in [2.45, 2.75) is 13.3 Å². The number of thiazole rings is 1. The highest BCUT2D eigenvalue weighted by Crippen LogP contribution is 2.36. The second-order valence-corrected chi connectivity index (χ2v) is 8.13. The maximum Gasteiger partial charge on any atom is 0.252 e. The van der Waals surface area contributed by atoms with Gasteiger partial charge in [0.1, 0.15) is 11.3 Å². The van der Waals surface area contributed by atoms with Gasteiger partial charge in [-0.3, -0.25) is 9.69 Å². The van der Waals surface area contributed by atoms with Crippen LogP contribution in [0, 0.1) is 6.92 Å². The Hall–Kier alpha value is -2.41. The number of halogens is 1. The summed E-state index contributed by atoms with van der Waals surface area (Å²) in [6.07, 6.45) is 4.34. The van der Waals surface area contributed by atoms with E-state index in [2.05, 4.69) is 11.8 Å². The van der Waals surface area contributed by atoms with E-state index in [9.17, 15) is 4.79 Å². The lowest BCUT2D eigenvalue weighted by Crippen LogP contribution is -2.32. The number of fused-ring (bicyclic) bond motifs is 1. The maximum absolute atomic E-state index is 13.1. The summed E-state index contributed by atoms with van der Waals surface area (Å²) in [6, 6.07) is 13.8. The summed E-state index contributed by atoms with van der Waals surface area (Å²) in [4.78, 5) is 21.7. The first-order chi connectivity index (χ1) is 14.0. The van der Waals surface area contributed by atoms with Crippen LogP contribution < -0.4 is 9.64 Å². The number of aromatic nitrogens is 1. The molecule has 1 aromatic heterocycles. The number of carbonyl (C=O) groups is 1. The van der Waals surface area contributed by atoms with Gasteiger partial charge < -0.3 is 9.64 Å². The minimum Gasteiger partial charge on any atom is -0.494 e. The van der Waals surface area contributed by atoms with Crippen molar-refractivity contribution in [3.63, 3.8) is 0 Å². The average molecular weight is 446 g/mol. The molecule has 5 nitrogen and oxygen atoms in total. The molecular formula is C23H28ClN3O2S. The minimum atomic E-state index is -0.0664. The predicted octanol–water partition coefficient (Wildman–Crippen LogP) is 5.03. The molecule has 30 heavy (non-hydrogen) atoms. The Kier molecular flexibility index (Phi) is 8.84. The van der Waals surface area contributed by atoms with Crippen molar-refractivity contribution in [1.29, 1.82) is 0 Å². The molecule has 3 aromatic rings. The van der Waals surface area contributed by atoms with E-state index in [1.165, 1.54) is 11.3 Å². The standard InChI is InChI=1S/C23H27N3O2S.ClH/c1-17-11-13-19(28-4)21-22(17)29-23(24-21)26(16-8-15-25(2)3)20(27)14-12-18-9-6-5-7-10-18;/h5-7,9-14H,8,15-16H2,1-4H3;1H. The summed E-state index contributed by atoms with van der Waals surface area (Å²) in [5.41, 5.74) is 2.94. The second kappa shape index (κ2) is 11.1. The first-order valence-electron chi connectivity index (χ1n) is 9.63. The third-order valence-corrected chi connectivity index (χ3v) is 5.83. The molecule has 0 aliphatic carbocycles. The Morgan fingerprint density at radius 3 is 2.53 bits per heavy atom. The topological polar surface area (TPSA) is 45.7 Å². The lowest BCUT2D eigenvalue weighted by atomic mass is 10.2. The number of anilines is 1. The van der Waals surface area contributed by atoms with Crippen LogP contribution >= 0.6 is 23.7 Å². The molecule has 0 fully saturated rings. The van der Waals surface area contributed by atoms with E-state index in [0.717, 1.165) is 40.1 Å². The minimum absolute atomic E-state index is 0. The number of carbonyl (C=O) groups excluding carboxylic acids is 1. The lowest BCUT2D eigenvalue weighted by Gasteiger charge is -2.19. The molecule has 0 atom stereocenters. The zero-order valence-corrected chi connectivity index (χ0v) is 19.4. The summed E-state index contributed by atoms with van der Waals surface area (Å²) in [5.74, 6) is 0.664. The molecule has 0 spiro atoms. The van der Waals surface area contributed by atoms with Crippen molar-refractivity contribution in [3.05, 3.63) is 59.7 Å². The second-order valence-electron chi connectivity index (χ2n) is 7.15. The predicted molar refractivity (Wildman–Crippen MR) is 129 cm³/mol. The lowest BCUT2D eigenvalue weighted by molar-refractivity contribution is -0.114. The molecular weight excluding hydrogens is 418 g/mol. The highest BCUT2D eigenvalue weighted by Gasteiger charge is 2.20. The maximum atomic E-state index is 13.1. The van der Waals surface area contributed by atoms with Crippen molar-refractivity contribution in [2.75, 3.05) is 39.2 Å². The smallest absolute Gasteiger partial charge is 0.252 e. The van der Waals surface area contributed by atoms with Gasteiger partial charge in [-0.05, 0) is 57.3 Å². The van der Waals surface area contributed by atoms with Gasteiger partial charge in [0.15, 0.2) is 5.13 Å². The molecule has 1 heterocycles. The summed E-state index contributed by atoms with van der Waals surface area (Å²) < 4.78 is 6.53. The molecule has 0 aliphatic rings. The van der Waals surface area contributed by atoms with Gasteiger partial charge in [-0.2, -0.15) is 0 Å². The number of hydrogen-bond donors (Lipinski definition) is 0. The van der Waals surface area contributed by atoms with Crippen molar-refractivity contribution < 1.29 is 9.53 Å². The van der Waals surface area contributed by atoms with Gasteiger partial charge in [0.05, 0.1) is 11.8 Å². The van der Waals surface area contributed by atoms with Crippen LogP contribution in [-0.4, -0.2) is 50.1 Å². The number of rotatable bonds is 8. The normalized spacial score (nSPS) is 11.1. The Balaban J connectivity index is 0.00000320. The number of aryl methyl sites for hydroxylation is 1. The summed E-state index contributed by atoms with van der Waals surface area (Å²) in [5, 5.41) is 0.703. The number of hydrogen-bond acceptors (Lipinski definition) is 5. The molecule has 3 rings (SSSR count). The van der Waals surface area contributed by atoms with Gasteiger partial charge in [-0.25, -0.2) is 4.98 Å². The van der Waals surface area contributed by atoms with E-state index in [1.807, 2.05) is 62.6 Å². The van der Waals surface area contributed by atoms with Gasteiger partial charge >= 0.3 is 0 Å². The van der Waals surface area contributed by atoms with Crippen LogP contribution in [0.4, 0.5) is 5.13 Å². The third-order valence-electron chi connectivity index (χ3n) is 4.61. The molecule has 0 saturated heterocycles. The Morgan fingerprint density at radius 2 is 1.87 bits per heavy atom. The molecule has 0 N–H and O–H groups in total. The number of benzene rings is 2. The van der Waals surface area contributed by atoms with Crippen LogP contribution in [0.3, 0.4) is 0 Å². The van der Waals surface area contributed by atoms with Gasteiger partial charge in [-0.15, -0.1) is 12.4 Å². The Labute approximate surface area is 188 Å². The first kappa shape index (κ1) is 23.9. The van der Waals surface area contributed by atoms with E-state index < -0.39 is 0 Å². The van der Waals surface area contributed by atoms with Crippen LogP contribution in [0.5, 0.6) is 5.75 Å². The van der Waals surface area contributed by atoms with Crippen molar-refractivity contribution in [3.8, 4) is 5.75 Å². The van der Waals surface area contributed by atoms with Crippen LogP contribution in [-0.2, 0) is 4.79 Å². The molecule has 2 aromatic carbocycles. The number of amides is 1. The molecule has 160 valence electrons. The third kappa shape index (κ3) is 5.81. The Bertz CT molecular complexity index is 1000. The van der Waals surface area contributed by atoms with E-state index >= 15 is 0 Å². The monoisotopic (exact) mass is 445 g/mol. The van der Waals surface area contributed by atoms with E-state index in [-0.39, 0.29) is 18.3 Å². The molecule has 0 radical (unpaired) electrons. The van der Waals surface area contributed by atoms with Gasteiger partial charge in [0, 0.05) is 12.6 Å². The highest BCUT2D eigenvalue weighted by molar-refractivity contribution is 7.22. The summed E-state index contributed by atoms with van der Waals surface area (Å²) in [7, 11) is 5.71. The van der Waals surface area contributed by atoms with Crippen LogP contribution in [0.15, 0.2) is 48.5 Å². The van der Waals surface area contributed by atoms with E-state index in [4.69, 9.17) is 9.72 Å². The molecule has 0 aliphatic heterocycles. The van der Waals surface area contributed by atoms with Crippen molar-refractivity contribution in [2.24, 2.45) is 0 Å². The average Bonchev–Trinajstić information content (AvgIpc) is 3.16. The SMILES string of the molecule is COc1ccc(C)c2sc(N(CCCN(C)C)C(=O)C=Cc3ccccc3)nc12.Cl. The van der Waals surface area contributed by atoms with Crippen LogP contribution in [0.25, 0.3) is 16.3 Å². The van der Waals surface area contributed by atoms with E-state index in [1.54, 1.807) is 18.1 Å². The summed E-state index contributed by atoms with van der Waals surface area (Å²) >= 11 is 1.54. The molecule has 7 heteroatoms. The van der Waals surface area contributed by atoms with Crippen molar-refractivity contribution in [1.82, 2.24) is 9.88 Å². The molecule has 0 bridgehead atoms. The zero-order chi connectivity index (χ0) is 20.8. The summed E-state index contributed by atoms with van der Waals surface area (Å²) in [6.45, 7) is 3.56. The van der Waals surface area contributed by atoms with Crippen LogP contribution in [0.1, 0.15) is 17.5 Å². The van der Waals surface area contributed by atoms with E-state index in [0.29, 0.717) is 11.7 Å². The number of ether oxygens (including phenoxy) is 1. The largest absolute Gasteiger partial charge is 0.494 e. The van der Waals surface area contributed by atoms with Gasteiger partial charge in [0.25, 0.3) is 5.91 Å². The fraction of sp³-hybridized carbons (Fsp3) is 0.304. The fourth-order valence-corrected chi connectivity index (χ4v) is 4.13. The van der Waals surface area contributed by atoms with Crippen molar-refractivity contribution >= 4 is 51.1 Å². The number of nitrogens with zero attached hydrogens (tertiary/aromatic N) is 3. The zero-order valence-electron chi connectivity index (χ0n) is 17.8. The quantitative estimate of drug-likeness (QED) is 0.456. The molecule has 0 unspecified atom stereocenters. The molecule has 0 saturated carbocycles. The number of methoxy groups -OCH3 is 1. The first-order valence-corrected chi connectivity index (χ1v) is 10.4. The van der Waals surface area contributed by atoms with Gasteiger partial charge in [-0.1, -0.05) is 47.7 Å². The molecule has 1 amide bonds. The van der Waals surface area contributed by atoms with Gasteiger partial charge in [0.2, 0.25) is 0 Å². The highest BCUT2D eigenvalue weighted by atomic mass is 35.5. The fourth-order valence-electron chi connectivity index (χ4n) is 3.05. The van der Waals surface area contributed by atoms with Crippen LogP contribution in [0.2, 0.25) is 0 Å². The Morgan fingerprint density at radius 1 is 1.13 bits per heavy atom.